The molecule has 1 aromatic heterocycles. The van der Waals surface area contributed by atoms with Crippen LogP contribution in [0, 0.1) is 12.3 Å². The molecule has 0 spiro atoms. The Bertz CT molecular complexity index is 491. The van der Waals surface area contributed by atoms with Crippen LogP contribution in [0.1, 0.15) is 32.9 Å². The zero-order valence-corrected chi connectivity index (χ0v) is 13.5. The molecule has 0 fully saturated rings. The highest BCUT2D eigenvalue weighted by atomic mass is 79.9. The molecule has 1 rings (SSSR count). The van der Waals surface area contributed by atoms with Crippen molar-refractivity contribution in [2.45, 2.75) is 45.1 Å². The first-order chi connectivity index (χ1) is 8.18. The van der Waals surface area contributed by atoms with Crippen LogP contribution >= 0.6 is 15.9 Å². The SMILES string of the molecule is Cc1[nH]ncc1S(=O)(=O)NC(CCBr)C(C)(C)C. The predicted octanol–water partition coefficient (Wildman–Crippen LogP) is 2.20. The van der Waals surface area contributed by atoms with E-state index in [1.807, 2.05) is 20.8 Å². The van der Waals surface area contributed by atoms with Gasteiger partial charge in [-0.2, -0.15) is 5.10 Å². The van der Waals surface area contributed by atoms with Crippen LogP contribution in [-0.2, 0) is 10.0 Å². The van der Waals surface area contributed by atoms with Crippen LogP contribution in [0.2, 0.25) is 0 Å². The van der Waals surface area contributed by atoms with Crippen LogP contribution in [0.25, 0.3) is 0 Å². The van der Waals surface area contributed by atoms with E-state index in [2.05, 4.69) is 30.8 Å². The maximum absolute atomic E-state index is 12.3. The lowest BCUT2D eigenvalue weighted by Crippen LogP contribution is -2.43. The lowest BCUT2D eigenvalue weighted by atomic mass is 9.86. The van der Waals surface area contributed by atoms with Crippen LogP contribution in [0.5, 0.6) is 0 Å². The van der Waals surface area contributed by atoms with Crippen LogP contribution in [0.15, 0.2) is 11.1 Å². The fourth-order valence-electron chi connectivity index (χ4n) is 1.64. The van der Waals surface area contributed by atoms with Crippen molar-refractivity contribution in [2.75, 3.05) is 5.33 Å². The molecule has 1 heterocycles. The van der Waals surface area contributed by atoms with Crippen molar-refractivity contribution in [1.29, 1.82) is 0 Å². The highest BCUT2D eigenvalue weighted by molar-refractivity contribution is 9.09. The molecule has 1 unspecified atom stereocenters. The Morgan fingerprint density at radius 3 is 2.50 bits per heavy atom. The maximum atomic E-state index is 12.3. The first kappa shape index (κ1) is 15.7. The van der Waals surface area contributed by atoms with Gasteiger partial charge >= 0.3 is 0 Å². The summed E-state index contributed by atoms with van der Waals surface area (Å²) in [4.78, 5) is 0.214. The quantitative estimate of drug-likeness (QED) is 0.808. The van der Waals surface area contributed by atoms with Crippen molar-refractivity contribution in [3.05, 3.63) is 11.9 Å². The average Bonchev–Trinajstić information content (AvgIpc) is 2.63. The number of nitrogens with one attached hydrogen (secondary N) is 2. The van der Waals surface area contributed by atoms with E-state index >= 15 is 0 Å². The van der Waals surface area contributed by atoms with Gasteiger partial charge in [-0.25, -0.2) is 13.1 Å². The molecule has 0 aromatic carbocycles. The minimum atomic E-state index is -3.52. The number of hydrogen-bond acceptors (Lipinski definition) is 3. The molecule has 0 radical (unpaired) electrons. The molecule has 18 heavy (non-hydrogen) atoms. The van der Waals surface area contributed by atoms with Gasteiger partial charge in [-0.05, 0) is 18.8 Å². The summed E-state index contributed by atoms with van der Waals surface area (Å²) in [5, 5.41) is 7.14. The van der Waals surface area contributed by atoms with Crippen LogP contribution < -0.4 is 4.72 Å². The molecule has 5 nitrogen and oxygen atoms in total. The van der Waals surface area contributed by atoms with Gasteiger partial charge in [0.1, 0.15) is 4.90 Å². The summed E-state index contributed by atoms with van der Waals surface area (Å²) >= 11 is 3.36. The first-order valence-corrected chi connectivity index (χ1v) is 8.37. The Labute approximate surface area is 117 Å². The predicted molar refractivity (Wildman–Crippen MR) is 75.3 cm³/mol. The topological polar surface area (TPSA) is 74.8 Å². The number of rotatable bonds is 5. The fraction of sp³-hybridized carbons (Fsp3) is 0.727. The number of halogens is 1. The highest BCUT2D eigenvalue weighted by Gasteiger charge is 2.30. The number of H-pyrrole nitrogens is 1. The van der Waals surface area contributed by atoms with E-state index < -0.39 is 10.0 Å². The van der Waals surface area contributed by atoms with E-state index in [4.69, 9.17) is 0 Å². The van der Waals surface area contributed by atoms with Gasteiger partial charge in [-0.15, -0.1) is 0 Å². The molecule has 0 aliphatic heterocycles. The van der Waals surface area contributed by atoms with Gasteiger partial charge in [-0.1, -0.05) is 36.7 Å². The molecule has 104 valence electrons. The van der Waals surface area contributed by atoms with Crippen LogP contribution in [0.4, 0.5) is 0 Å². The van der Waals surface area contributed by atoms with Crippen molar-refractivity contribution in [3.8, 4) is 0 Å². The molecule has 0 amide bonds. The van der Waals surface area contributed by atoms with Crippen molar-refractivity contribution in [1.82, 2.24) is 14.9 Å². The van der Waals surface area contributed by atoms with Crippen molar-refractivity contribution in [3.63, 3.8) is 0 Å². The summed E-state index contributed by atoms with van der Waals surface area (Å²) < 4.78 is 27.3. The number of alkyl halides is 1. The van der Waals surface area contributed by atoms with E-state index in [1.54, 1.807) is 6.92 Å². The Balaban J connectivity index is 2.97. The van der Waals surface area contributed by atoms with Gasteiger partial charge in [0.15, 0.2) is 0 Å². The molecule has 1 atom stereocenters. The summed E-state index contributed by atoms with van der Waals surface area (Å²) in [6.45, 7) is 7.75. The summed E-state index contributed by atoms with van der Waals surface area (Å²) in [6, 6.07) is -0.129. The first-order valence-electron chi connectivity index (χ1n) is 5.76. The third-order valence-electron chi connectivity index (χ3n) is 2.81. The van der Waals surface area contributed by atoms with Crippen molar-refractivity contribution >= 4 is 26.0 Å². The lowest BCUT2D eigenvalue weighted by Gasteiger charge is -2.30. The van der Waals surface area contributed by atoms with Crippen LogP contribution in [-0.4, -0.2) is 30.0 Å². The summed E-state index contributed by atoms with van der Waals surface area (Å²) in [7, 11) is -3.52. The Kier molecular flexibility index (Phi) is 4.97. The average molecular weight is 338 g/mol. The molecule has 2 N–H and O–H groups in total. The number of aromatic nitrogens is 2. The molecule has 0 saturated heterocycles. The van der Waals surface area contributed by atoms with Crippen molar-refractivity contribution in [2.24, 2.45) is 5.41 Å². The molecule has 0 bridgehead atoms. The maximum Gasteiger partial charge on any atom is 0.244 e. The van der Waals surface area contributed by atoms with Gasteiger partial charge in [-0.3, -0.25) is 5.10 Å². The van der Waals surface area contributed by atoms with E-state index in [0.717, 1.165) is 11.8 Å². The molecular weight excluding hydrogens is 318 g/mol. The van der Waals surface area contributed by atoms with E-state index in [1.165, 1.54) is 6.20 Å². The second-order valence-corrected chi connectivity index (χ2v) is 7.85. The fourth-order valence-corrected chi connectivity index (χ4v) is 3.71. The Hall–Kier alpha value is -0.400. The smallest absolute Gasteiger partial charge is 0.244 e. The minimum Gasteiger partial charge on any atom is -0.281 e. The molecular formula is C11H20BrN3O2S. The van der Waals surface area contributed by atoms with Gasteiger partial charge in [0.2, 0.25) is 10.0 Å². The normalized spacial score (nSPS) is 14.7. The second kappa shape index (κ2) is 5.71. The van der Waals surface area contributed by atoms with Gasteiger partial charge in [0.05, 0.1) is 11.9 Å². The third kappa shape index (κ3) is 3.80. The Morgan fingerprint density at radius 2 is 2.11 bits per heavy atom. The largest absolute Gasteiger partial charge is 0.281 e. The summed E-state index contributed by atoms with van der Waals surface area (Å²) in [5.41, 5.74) is 0.410. The van der Waals surface area contributed by atoms with Gasteiger partial charge in [0.25, 0.3) is 0 Å². The Morgan fingerprint density at radius 1 is 1.50 bits per heavy atom. The number of nitrogens with zero attached hydrogens (tertiary/aromatic N) is 1. The van der Waals surface area contributed by atoms with E-state index in [9.17, 15) is 8.42 Å². The third-order valence-corrected chi connectivity index (χ3v) is 4.86. The number of aryl methyl sites for hydroxylation is 1. The number of sulfonamides is 1. The summed E-state index contributed by atoms with van der Waals surface area (Å²) in [6.07, 6.45) is 2.07. The highest BCUT2D eigenvalue weighted by Crippen LogP contribution is 2.24. The zero-order valence-electron chi connectivity index (χ0n) is 11.1. The zero-order chi connectivity index (χ0) is 14.0. The monoisotopic (exact) mass is 337 g/mol. The second-order valence-electron chi connectivity index (χ2n) is 5.38. The van der Waals surface area contributed by atoms with Gasteiger partial charge in [0, 0.05) is 11.4 Å². The van der Waals surface area contributed by atoms with Crippen LogP contribution in [0.3, 0.4) is 0 Å². The number of aromatic amines is 1. The standard InChI is InChI=1S/C11H20BrN3O2S/c1-8-9(7-13-14-8)18(16,17)15-10(5-6-12)11(2,3)4/h7,10,15H,5-6H2,1-4H3,(H,13,14). The molecule has 0 aliphatic carbocycles. The molecule has 1 aromatic rings. The molecule has 0 saturated carbocycles. The van der Waals surface area contributed by atoms with Gasteiger partial charge < -0.3 is 0 Å². The summed E-state index contributed by atoms with van der Waals surface area (Å²) in [5.74, 6) is 0. The molecule has 0 aliphatic rings. The van der Waals surface area contributed by atoms with Crippen molar-refractivity contribution < 1.29 is 8.42 Å². The minimum absolute atomic E-state index is 0.129. The molecule has 7 heteroatoms. The van der Waals surface area contributed by atoms with E-state index in [-0.39, 0.29) is 16.4 Å². The van der Waals surface area contributed by atoms with E-state index in [0.29, 0.717) is 5.69 Å². The number of hydrogen-bond donors (Lipinski definition) is 2. The lowest BCUT2D eigenvalue weighted by molar-refractivity contribution is 0.293.